The number of rotatable bonds is 2. The first-order valence-corrected chi connectivity index (χ1v) is 6.05. The van der Waals surface area contributed by atoms with Crippen LogP contribution in [0.2, 0.25) is 0 Å². The van der Waals surface area contributed by atoms with E-state index in [2.05, 4.69) is 18.3 Å². The summed E-state index contributed by atoms with van der Waals surface area (Å²) in [6.45, 7) is 3.85. The minimum absolute atomic E-state index is 0.148. The number of piperidine rings is 1. The summed E-state index contributed by atoms with van der Waals surface area (Å²) in [6, 6.07) is 9.02. The van der Waals surface area contributed by atoms with Gasteiger partial charge in [0.1, 0.15) is 5.82 Å². The first kappa shape index (κ1) is 12.1. The first-order valence-electron chi connectivity index (χ1n) is 6.05. The van der Waals surface area contributed by atoms with Crippen LogP contribution in [0.4, 0.5) is 4.39 Å². The molecule has 0 bridgehead atoms. The van der Waals surface area contributed by atoms with Crippen molar-refractivity contribution in [1.29, 1.82) is 5.26 Å². The van der Waals surface area contributed by atoms with Crippen LogP contribution >= 0.6 is 0 Å². The van der Waals surface area contributed by atoms with E-state index in [1.165, 1.54) is 12.1 Å². The summed E-state index contributed by atoms with van der Waals surface area (Å²) in [4.78, 5) is 0. The second kappa shape index (κ2) is 4.85. The van der Waals surface area contributed by atoms with Crippen LogP contribution in [-0.4, -0.2) is 13.1 Å². The van der Waals surface area contributed by atoms with Crippen molar-refractivity contribution in [2.24, 2.45) is 5.41 Å². The Morgan fingerprint density at radius 1 is 1.29 bits per heavy atom. The smallest absolute Gasteiger partial charge is 0.123 e. The summed E-state index contributed by atoms with van der Waals surface area (Å²) in [5.74, 6) is -0.0764. The van der Waals surface area contributed by atoms with E-state index in [-0.39, 0.29) is 17.2 Å². The molecule has 1 aromatic carbocycles. The molecule has 17 heavy (non-hydrogen) atoms. The highest BCUT2D eigenvalue weighted by molar-refractivity contribution is 5.25. The quantitative estimate of drug-likeness (QED) is 0.851. The first-order chi connectivity index (χ1) is 8.18. The molecule has 90 valence electrons. The summed E-state index contributed by atoms with van der Waals surface area (Å²) in [5.41, 5.74) is 0.748. The lowest BCUT2D eigenvalue weighted by atomic mass is 9.68. The Morgan fingerprint density at radius 2 is 1.88 bits per heavy atom. The van der Waals surface area contributed by atoms with E-state index < -0.39 is 0 Å². The molecule has 1 N–H and O–H groups in total. The minimum Gasteiger partial charge on any atom is -0.317 e. The van der Waals surface area contributed by atoms with Gasteiger partial charge in [0.15, 0.2) is 0 Å². The predicted octanol–water partition coefficient (Wildman–Crippen LogP) is 2.82. The van der Waals surface area contributed by atoms with Gasteiger partial charge in [0.05, 0.1) is 11.5 Å². The molecular weight excluding hydrogens is 215 g/mol. The van der Waals surface area contributed by atoms with Crippen molar-refractivity contribution in [2.45, 2.75) is 25.7 Å². The zero-order valence-electron chi connectivity index (χ0n) is 10.0. The van der Waals surface area contributed by atoms with Crippen molar-refractivity contribution >= 4 is 0 Å². The standard InChI is InChI=1S/C14H17FN2/c1-11(12-2-4-13(15)5-3-12)14(10-16)6-8-17-9-7-14/h2-5,11,17H,6-9H2,1H3. The molecule has 2 nitrogen and oxygen atoms in total. The number of hydrogen-bond donors (Lipinski definition) is 1. The fraction of sp³-hybridized carbons (Fsp3) is 0.500. The molecular formula is C14H17FN2. The van der Waals surface area contributed by atoms with Crippen LogP contribution in [0.3, 0.4) is 0 Å². The second-order valence-corrected chi connectivity index (χ2v) is 4.79. The Bertz CT molecular complexity index is 413. The summed E-state index contributed by atoms with van der Waals surface area (Å²) in [6.07, 6.45) is 1.73. The lowest BCUT2D eigenvalue weighted by molar-refractivity contribution is 0.239. The Labute approximate surface area is 101 Å². The average molecular weight is 232 g/mol. The lowest BCUT2D eigenvalue weighted by Gasteiger charge is -2.36. The third-order valence-electron chi connectivity index (χ3n) is 3.92. The van der Waals surface area contributed by atoms with E-state index in [1.807, 2.05) is 0 Å². The maximum Gasteiger partial charge on any atom is 0.123 e. The van der Waals surface area contributed by atoms with Gasteiger partial charge < -0.3 is 5.32 Å². The normalized spacial score (nSPS) is 20.5. The third-order valence-corrected chi connectivity index (χ3v) is 3.92. The molecule has 1 aromatic rings. The van der Waals surface area contributed by atoms with Gasteiger partial charge >= 0.3 is 0 Å². The third kappa shape index (κ3) is 2.32. The zero-order chi connectivity index (χ0) is 12.3. The maximum absolute atomic E-state index is 12.9. The van der Waals surface area contributed by atoms with Crippen LogP contribution in [0, 0.1) is 22.6 Å². The highest BCUT2D eigenvalue weighted by Crippen LogP contribution is 2.42. The van der Waals surface area contributed by atoms with Crippen LogP contribution in [0.5, 0.6) is 0 Å². The second-order valence-electron chi connectivity index (χ2n) is 4.79. The van der Waals surface area contributed by atoms with Crippen molar-refractivity contribution in [3.05, 3.63) is 35.6 Å². The maximum atomic E-state index is 12.9. The minimum atomic E-state index is -0.303. The van der Waals surface area contributed by atoms with Gasteiger partial charge in [0, 0.05) is 0 Å². The predicted molar refractivity (Wildman–Crippen MR) is 65.0 cm³/mol. The number of benzene rings is 1. The number of nitriles is 1. The van der Waals surface area contributed by atoms with E-state index in [9.17, 15) is 9.65 Å². The van der Waals surface area contributed by atoms with Gasteiger partial charge in [-0.2, -0.15) is 5.26 Å². The summed E-state index contributed by atoms with van der Waals surface area (Å²) in [5, 5.41) is 12.8. The molecule has 1 unspecified atom stereocenters. The van der Waals surface area contributed by atoms with Gasteiger partial charge in [-0.25, -0.2) is 4.39 Å². The van der Waals surface area contributed by atoms with Gasteiger partial charge in [-0.05, 0) is 49.5 Å². The Kier molecular flexibility index (Phi) is 3.44. The molecule has 0 radical (unpaired) electrons. The molecule has 0 amide bonds. The lowest BCUT2D eigenvalue weighted by Crippen LogP contribution is -2.39. The molecule has 0 spiro atoms. The van der Waals surface area contributed by atoms with Crippen molar-refractivity contribution in [2.75, 3.05) is 13.1 Å². The van der Waals surface area contributed by atoms with Gasteiger partial charge in [-0.3, -0.25) is 0 Å². The van der Waals surface area contributed by atoms with E-state index in [0.717, 1.165) is 31.5 Å². The summed E-state index contributed by atoms with van der Waals surface area (Å²) >= 11 is 0. The van der Waals surface area contributed by atoms with Crippen molar-refractivity contribution in [3.63, 3.8) is 0 Å². The van der Waals surface area contributed by atoms with Crippen LogP contribution in [0.1, 0.15) is 31.2 Å². The van der Waals surface area contributed by atoms with E-state index in [4.69, 9.17) is 0 Å². The Balaban J connectivity index is 2.25. The molecule has 1 saturated heterocycles. The molecule has 2 rings (SSSR count). The monoisotopic (exact) mass is 232 g/mol. The Morgan fingerprint density at radius 3 is 2.41 bits per heavy atom. The van der Waals surface area contributed by atoms with Crippen LogP contribution in [0.25, 0.3) is 0 Å². The van der Waals surface area contributed by atoms with Gasteiger partial charge in [0.25, 0.3) is 0 Å². The highest BCUT2D eigenvalue weighted by Gasteiger charge is 2.38. The largest absolute Gasteiger partial charge is 0.317 e. The number of nitrogens with one attached hydrogen (secondary N) is 1. The molecule has 0 aromatic heterocycles. The van der Waals surface area contributed by atoms with E-state index in [0.29, 0.717) is 0 Å². The number of hydrogen-bond acceptors (Lipinski definition) is 2. The average Bonchev–Trinajstić information content (AvgIpc) is 2.39. The highest BCUT2D eigenvalue weighted by atomic mass is 19.1. The summed E-state index contributed by atoms with van der Waals surface area (Å²) < 4.78 is 12.9. The molecule has 1 aliphatic rings. The topological polar surface area (TPSA) is 35.8 Å². The van der Waals surface area contributed by atoms with Crippen LogP contribution < -0.4 is 5.32 Å². The fourth-order valence-corrected chi connectivity index (χ4v) is 2.59. The van der Waals surface area contributed by atoms with E-state index >= 15 is 0 Å². The van der Waals surface area contributed by atoms with Gasteiger partial charge in [-0.15, -0.1) is 0 Å². The fourth-order valence-electron chi connectivity index (χ4n) is 2.59. The molecule has 1 atom stereocenters. The van der Waals surface area contributed by atoms with Gasteiger partial charge in [-0.1, -0.05) is 19.1 Å². The van der Waals surface area contributed by atoms with Crippen molar-refractivity contribution < 1.29 is 4.39 Å². The zero-order valence-corrected chi connectivity index (χ0v) is 10.0. The molecule has 1 aliphatic heterocycles. The molecule has 0 saturated carbocycles. The molecule has 3 heteroatoms. The molecule has 0 aliphatic carbocycles. The van der Waals surface area contributed by atoms with E-state index in [1.54, 1.807) is 12.1 Å². The molecule has 1 heterocycles. The number of halogens is 1. The molecule has 1 fully saturated rings. The SMILES string of the molecule is CC(c1ccc(F)cc1)C1(C#N)CCNCC1. The Hall–Kier alpha value is -1.40. The summed E-state index contributed by atoms with van der Waals surface area (Å²) in [7, 11) is 0. The number of nitrogens with zero attached hydrogens (tertiary/aromatic N) is 1. The van der Waals surface area contributed by atoms with Gasteiger partial charge in [0.2, 0.25) is 0 Å². The van der Waals surface area contributed by atoms with Crippen LogP contribution in [-0.2, 0) is 0 Å². The van der Waals surface area contributed by atoms with Crippen LogP contribution in [0.15, 0.2) is 24.3 Å². The van der Waals surface area contributed by atoms with Crippen molar-refractivity contribution in [3.8, 4) is 6.07 Å². The van der Waals surface area contributed by atoms with Crippen molar-refractivity contribution in [1.82, 2.24) is 5.32 Å².